The van der Waals surface area contributed by atoms with Gasteiger partial charge in [-0.3, -0.25) is 13.8 Å². The first-order valence-electron chi connectivity index (χ1n) is 9.47. The first-order valence-corrected chi connectivity index (χ1v) is 11.2. The molecule has 5 nitrogen and oxygen atoms in total. The number of nitrogens with one attached hydrogen (secondary N) is 1. The number of rotatable bonds is 4. The van der Waals surface area contributed by atoms with Gasteiger partial charge in [-0.05, 0) is 60.5 Å². The van der Waals surface area contributed by atoms with Crippen LogP contribution in [0.1, 0.15) is 21.5 Å². The fraction of sp³-hybridized carbons (Fsp3) is 0.130. The molecule has 31 heavy (non-hydrogen) atoms. The number of halogens is 2. The van der Waals surface area contributed by atoms with Gasteiger partial charge in [-0.2, -0.15) is 0 Å². The van der Waals surface area contributed by atoms with Gasteiger partial charge < -0.3 is 10.2 Å². The van der Waals surface area contributed by atoms with Crippen molar-refractivity contribution in [1.29, 1.82) is 0 Å². The molecule has 1 atom stereocenters. The van der Waals surface area contributed by atoms with Gasteiger partial charge >= 0.3 is 0 Å². The largest absolute Gasteiger partial charge is 0.322 e. The predicted molar refractivity (Wildman–Crippen MR) is 119 cm³/mol. The van der Waals surface area contributed by atoms with Crippen molar-refractivity contribution < 1.29 is 18.2 Å². The molecular weight excluding hydrogens is 439 g/mol. The number of amides is 2. The SMILES string of the molecule is Cc1c(Cl)cccc1NC(=O)c1ccc2c(c1)N(Cc1ccc(F)cc1)C(=O)CS2=O. The van der Waals surface area contributed by atoms with Gasteiger partial charge in [-0.1, -0.05) is 29.8 Å². The molecule has 0 aromatic heterocycles. The van der Waals surface area contributed by atoms with Crippen LogP contribution in [0.4, 0.5) is 15.8 Å². The maximum Gasteiger partial charge on any atom is 0.255 e. The molecule has 0 aliphatic carbocycles. The van der Waals surface area contributed by atoms with Crippen LogP contribution in [-0.2, 0) is 22.1 Å². The van der Waals surface area contributed by atoms with Gasteiger partial charge in [0.1, 0.15) is 11.6 Å². The van der Waals surface area contributed by atoms with Crippen molar-refractivity contribution in [3.63, 3.8) is 0 Å². The zero-order valence-electron chi connectivity index (χ0n) is 16.5. The lowest BCUT2D eigenvalue weighted by Gasteiger charge is -2.29. The van der Waals surface area contributed by atoms with Gasteiger partial charge in [-0.25, -0.2) is 4.39 Å². The lowest BCUT2D eigenvalue weighted by Crippen LogP contribution is -2.38. The fourth-order valence-corrected chi connectivity index (χ4v) is 4.68. The summed E-state index contributed by atoms with van der Waals surface area (Å²) < 4.78 is 25.7. The van der Waals surface area contributed by atoms with Crippen LogP contribution in [0.15, 0.2) is 65.6 Å². The first kappa shape index (κ1) is 21.2. The lowest BCUT2D eigenvalue weighted by molar-refractivity contribution is -0.116. The van der Waals surface area contributed by atoms with E-state index in [1.807, 2.05) is 0 Å². The van der Waals surface area contributed by atoms with Crippen molar-refractivity contribution in [3.05, 3.63) is 88.2 Å². The molecule has 158 valence electrons. The zero-order chi connectivity index (χ0) is 22.1. The third-order valence-electron chi connectivity index (χ3n) is 5.08. The Morgan fingerprint density at radius 3 is 2.65 bits per heavy atom. The van der Waals surface area contributed by atoms with Crippen LogP contribution in [-0.4, -0.2) is 21.8 Å². The van der Waals surface area contributed by atoms with Crippen molar-refractivity contribution in [1.82, 2.24) is 0 Å². The molecule has 0 bridgehead atoms. The summed E-state index contributed by atoms with van der Waals surface area (Å²) in [7, 11) is -1.49. The molecule has 2 amide bonds. The Labute approximate surface area is 186 Å². The predicted octanol–water partition coefficient (Wildman–Crippen LogP) is 4.69. The van der Waals surface area contributed by atoms with Crippen LogP contribution in [0, 0.1) is 12.7 Å². The number of carbonyl (C=O) groups excluding carboxylic acids is 2. The van der Waals surface area contributed by atoms with Gasteiger partial charge in [-0.15, -0.1) is 0 Å². The van der Waals surface area contributed by atoms with E-state index in [0.29, 0.717) is 26.9 Å². The summed E-state index contributed by atoms with van der Waals surface area (Å²) in [6.07, 6.45) is 0. The summed E-state index contributed by atoms with van der Waals surface area (Å²) in [5.41, 5.74) is 2.77. The van der Waals surface area contributed by atoms with Crippen molar-refractivity contribution in [2.24, 2.45) is 0 Å². The number of carbonyl (C=O) groups is 2. The monoisotopic (exact) mass is 456 g/mol. The average molecular weight is 457 g/mol. The Hall–Kier alpha value is -3.03. The highest BCUT2D eigenvalue weighted by Crippen LogP contribution is 2.32. The van der Waals surface area contributed by atoms with Crippen molar-refractivity contribution in [2.45, 2.75) is 18.4 Å². The second kappa shape index (κ2) is 8.61. The highest BCUT2D eigenvalue weighted by molar-refractivity contribution is 7.86. The Morgan fingerprint density at radius 2 is 1.90 bits per heavy atom. The molecule has 1 unspecified atom stereocenters. The van der Waals surface area contributed by atoms with Crippen LogP contribution >= 0.6 is 11.6 Å². The fourth-order valence-electron chi connectivity index (χ4n) is 3.35. The van der Waals surface area contributed by atoms with Crippen LogP contribution in [0.3, 0.4) is 0 Å². The van der Waals surface area contributed by atoms with Crippen molar-refractivity contribution in [3.8, 4) is 0 Å². The molecule has 1 N–H and O–H groups in total. The minimum atomic E-state index is -1.49. The highest BCUT2D eigenvalue weighted by atomic mass is 35.5. The molecule has 1 heterocycles. The topological polar surface area (TPSA) is 66.5 Å². The molecule has 4 rings (SSSR count). The molecule has 0 fully saturated rings. The van der Waals surface area contributed by atoms with Crippen LogP contribution in [0.25, 0.3) is 0 Å². The van der Waals surface area contributed by atoms with Gasteiger partial charge in [0.15, 0.2) is 0 Å². The van der Waals surface area contributed by atoms with Crippen molar-refractivity contribution in [2.75, 3.05) is 16.0 Å². The molecule has 1 aliphatic heterocycles. The third-order valence-corrected chi connectivity index (χ3v) is 6.84. The Bertz CT molecular complexity index is 1210. The third kappa shape index (κ3) is 4.38. The summed E-state index contributed by atoms with van der Waals surface area (Å²) in [6.45, 7) is 1.98. The first-order chi connectivity index (χ1) is 14.8. The van der Waals surface area contributed by atoms with E-state index in [-0.39, 0.29) is 29.9 Å². The highest BCUT2D eigenvalue weighted by Gasteiger charge is 2.30. The minimum Gasteiger partial charge on any atom is -0.322 e. The second-order valence-electron chi connectivity index (χ2n) is 7.15. The summed E-state index contributed by atoms with van der Waals surface area (Å²) >= 11 is 6.12. The number of nitrogens with zero attached hydrogens (tertiary/aromatic N) is 1. The number of hydrogen-bond acceptors (Lipinski definition) is 3. The molecule has 3 aromatic rings. The normalized spacial score (nSPS) is 15.5. The Balaban J connectivity index is 1.67. The number of anilines is 2. The molecular formula is C23H18ClFN2O3S. The molecule has 0 spiro atoms. The molecule has 0 saturated carbocycles. The van der Waals surface area contributed by atoms with Crippen LogP contribution in [0.2, 0.25) is 5.02 Å². The van der Waals surface area contributed by atoms with E-state index >= 15 is 0 Å². The molecule has 8 heteroatoms. The average Bonchev–Trinajstić information content (AvgIpc) is 2.75. The maximum atomic E-state index is 13.2. The molecule has 0 radical (unpaired) electrons. The summed E-state index contributed by atoms with van der Waals surface area (Å²) in [5.74, 6) is -1.20. The van der Waals surface area contributed by atoms with Gasteiger partial charge in [0.25, 0.3) is 5.91 Å². The van der Waals surface area contributed by atoms with E-state index in [0.717, 1.165) is 11.1 Å². The van der Waals surface area contributed by atoms with E-state index in [1.165, 1.54) is 17.0 Å². The van der Waals surface area contributed by atoms with Gasteiger partial charge in [0.05, 0.1) is 27.9 Å². The minimum absolute atomic E-state index is 0.137. The number of hydrogen-bond donors (Lipinski definition) is 1. The quantitative estimate of drug-likeness (QED) is 0.619. The standard InChI is InChI=1S/C23H18ClFN2O3S/c1-14-18(24)3-2-4-19(14)26-23(29)16-7-10-21-20(11-16)27(22(28)13-31(21)30)12-15-5-8-17(25)9-6-15/h2-11H,12-13H2,1H3,(H,26,29). The van der Waals surface area contributed by atoms with Gasteiger partial charge in [0, 0.05) is 16.3 Å². The second-order valence-corrected chi connectivity index (χ2v) is 8.97. The Kier molecular flexibility index (Phi) is 5.89. The van der Waals surface area contributed by atoms with E-state index < -0.39 is 10.8 Å². The summed E-state index contributed by atoms with van der Waals surface area (Å²) in [6, 6.07) is 15.8. The molecule has 0 saturated heterocycles. The van der Waals surface area contributed by atoms with E-state index in [2.05, 4.69) is 5.32 Å². The Morgan fingerprint density at radius 1 is 1.16 bits per heavy atom. The molecule has 3 aromatic carbocycles. The molecule has 1 aliphatic rings. The van der Waals surface area contributed by atoms with Crippen LogP contribution < -0.4 is 10.2 Å². The van der Waals surface area contributed by atoms with E-state index in [4.69, 9.17) is 11.6 Å². The lowest BCUT2D eigenvalue weighted by atomic mass is 10.1. The summed E-state index contributed by atoms with van der Waals surface area (Å²) in [5, 5.41) is 3.36. The smallest absolute Gasteiger partial charge is 0.255 e. The van der Waals surface area contributed by atoms with E-state index in [1.54, 1.807) is 55.5 Å². The van der Waals surface area contributed by atoms with E-state index in [9.17, 15) is 18.2 Å². The summed E-state index contributed by atoms with van der Waals surface area (Å²) in [4.78, 5) is 27.5. The van der Waals surface area contributed by atoms with Gasteiger partial charge in [0.2, 0.25) is 5.91 Å². The zero-order valence-corrected chi connectivity index (χ0v) is 18.1. The number of benzene rings is 3. The maximum absolute atomic E-state index is 13.2. The van der Waals surface area contributed by atoms with Crippen molar-refractivity contribution >= 4 is 45.6 Å². The number of fused-ring (bicyclic) bond motifs is 1. The van der Waals surface area contributed by atoms with Crippen LogP contribution in [0.5, 0.6) is 0 Å².